The molecule has 0 bridgehead atoms. The molecule has 1 aromatic carbocycles. The summed E-state index contributed by atoms with van der Waals surface area (Å²) in [5.74, 6) is 0.411. The number of hydrogen-bond acceptors (Lipinski definition) is 4. The van der Waals surface area contributed by atoms with Gasteiger partial charge in [-0.15, -0.1) is 11.8 Å². The number of thioether (sulfide) groups is 1. The number of carbonyl (C=O) groups is 2. The predicted octanol–water partition coefficient (Wildman–Crippen LogP) is 2.16. The first-order valence-corrected chi connectivity index (χ1v) is 7.85. The lowest BCUT2D eigenvalue weighted by Crippen LogP contribution is -2.39. The van der Waals surface area contributed by atoms with Gasteiger partial charge < -0.3 is 15.2 Å². The third kappa shape index (κ3) is 5.30. The Morgan fingerprint density at radius 3 is 2.57 bits per heavy atom. The van der Waals surface area contributed by atoms with Crippen molar-refractivity contribution in [2.45, 2.75) is 30.2 Å². The average molecular weight is 309 g/mol. The van der Waals surface area contributed by atoms with Crippen LogP contribution < -0.4 is 10.1 Å². The van der Waals surface area contributed by atoms with Crippen LogP contribution in [0.4, 0.5) is 0 Å². The molecule has 0 heterocycles. The molecular weight excluding hydrogens is 290 g/mol. The normalized spacial score (nSPS) is 15.3. The van der Waals surface area contributed by atoms with E-state index in [1.54, 1.807) is 7.11 Å². The molecule has 1 aliphatic carbocycles. The lowest BCUT2D eigenvalue weighted by atomic mass is 10.1. The Kier molecular flexibility index (Phi) is 5.50. The van der Waals surface area contributed by atoms with E-state index < -0.39 is 5.97 Å². The van der Waals surface area contributed by atoms with E-state index in [1.807, 2.05) is 24.3 Å². The molecule has 0 saturated heterocycles. The Morgan fingerprint density at radius 2 is 2.05 bits per heavy atom. The first kappa shape index (κ1) is 15.7. The summed E-state index contributed by atoms with van der Waals surface area (Å²) >= 11 is 1.43. The van der Waals surface area contributed by atoms with Gasteiger partial charge in [0.15, 0.2) is 0 Å². The van der Waals surface area contributed by atoms with Crippen LogP contribution in [0.3, 0.4) is 0 Å². The maximum atomic E-state index is 11.9. The molecule has 1 unspecified atom stereocenters. The van der Waals surface area contributed by atoms with Gasteiger partial charge in [-0.25, -0.2) is 0 Å². The smallest absolute Gasteiger partial charge is 0.305 e. The third-order valence-corrected chi connectivity index (χ3v) is 4.37. The summed E-state index contributed by atoms with van der Waals surface area (Å²) in [5, 5.41) is 11.7. The summed E-state index contributed by atoms with van der Waals surface area (Å²) in [7, 11) is 1.61. The topological polar surface area (TPSA) is 75.6 Å². The quantitative estimate of drug-likeness (QED) is 0.720. The van der Waals surface area contributed by atoms with Gasteiger partial charge in [-0.1, -0.05) is 0 Å². The van der Waals surface area contributed by atoms with Gasteiger partial charge in [-0.2, -0.15) is 0 Å². The van der Waals surface area contributed by atoms with E-state index in [-0.39, 0.29) is 24.1 Å². The first-order chi connectivity index (χ1) is 10.1. The number of methoxy groups -OCH3 is 1. The van der Waals surface area contributed by atoms with Crippen molar-refractivity contribution >= 4 is 23.6 Å². The lowest BCUT2D eigenvalue weighted by Gasteiger charge is -2.16. The van der Waals surface area contributed by atoms with Crippen molar-refractivity contribution in [3.8, 4) is 5.75 Å². The van der Waals surface area contributed by atoms with E-state index in [0.29, 0.717) is 5.92 Å². The van der Waals surface area contributed by atoms with Crippen molar-refractivity contribution < 1.29 is 19.4 Å². The fourth-order valence-electron chi connectivity index (χ4n) is 2.09. The van der Waals surface area contributed by atoms with E-state index in [0.717, 1.165) is 23.5 Å². The van der Waals surface area contributed by atoms with Crippen molar-refractivity contribution in [1.82, 2.24) is 5.32 Å². The minimum atomic E-state index is -0.866. The summed E-state index contributed by atoms with van der Waals surface area (Å²) in [5.41, 5.74) is 0. The number of carboxylic acid groups (broad SMARTS) is 1. The molecular formula is C15H19NO4S. The van der Waals surface area contributed by atoms with Crippen LogP contribution >= 0.6 is 11.8 Å². The zero-order chi connectivity index (χ0) is 15.2. The molecule has 1 amide bonds. The van der Waals surface area contributed by atoms with Crippen molar-refractivity contribution in [2.75, 3.05) is 12.9 Å². The van der Waals surface area contributed by atoms with Gasteiger partial charge in [0.1, 0.15) is 5.75 Å². The van der Waals surface area contributed by atoms with E-state index >= 15 is 0 Å². The summed E-state index contributed by atoms with van der Waals surface area (Å²) in [4.78, 5) is 23.7. The van der Waals surface area contributed by atoms with E-state index in [2.05, 4.69) is 5.32 Å². The van der Waals surface area contributed by atoms with Crippen molar-refractivity contribution in [3.05, 3.63) is 24.3 Å². The molecule has 2 N–H and O–H groups in total. The lowest BCUT2D eigenvalue weighted by molar-refractivity contribution is -0.137. The van der Waals surface area contributed by atoms with E-state index in [1.165, 1.54) is 11.8 Å². The SMILES string of the molecule is COc1ccc(SCC(=O)NC(CC(=O)O)C2CC2)cc1. The molecule has 1 atom stereocenters. The number of aliphatic carboxylic acids is 1. The molecule has 114 valence electrons. The van der Waals surface area contributed by atoms with Crippen LogP contribution in [-0.2, 0) is 9.59 Å². The second kappa shape index (κ2) is 7.36. The van der Waals surface area contributed by atoms with Crippen LogP contribution in [0.25, 0.3) is 0 Å². The Bertz CT molecular complexity index is 499. The number of ether oxygens (including phenoxy) is 1. The van der Waals surface area contributed by atoms with Gasteiger partial charge in [-0.3, -0.25) is 9.59 Å². The molecule has 1 saturated carbocycles. The van der Waals surface area contributed by atoms with Crippen LogP contribution in [-0.4, -0.2) is 35.9 Å². The Balaban J connectivity index is 1.78. The van der Waals surface area contributed by atoms with Gasteiger partial charge in [0.05, 0.1) is 19.3 Å². The number of benzene rings is 1. The number of carbonyl (C=O) groups excluding carboxylic acids is 1. The molecule has 0 aromatic heterocycles. The molecule has 1 fully saturated rings. The summed E-state index contributed by atoms with van der Waals surface area (Å²) in [6, 6.07) is 7.25. The second-order valence-electron chi connectivity index (χ2n) is 5.07. The Hall–Kier alpha value is -1.69. The number of hydrogen-bond donors (Lipinski definition) is 2. The maximum absolute atomic E-state index is 11.9. The number of nitrogens with one attached hydrogen (secondary N) is 1. The second-order valence-corrected chi connectivity index (χ2v) is 6.12. The number of carboxylic acids is 1. The van der Waals surface area contributed by atoms with Gasteiger partial charge in [0.25, 0.3) is 0 Å². The highest BCUT2D eigenvalue weighted by Crippen LogP contribution is 2.34. The minimum absolute atomic E-state index is 0.00358. The standard InChI is InChI=1S/C15H19NO4S/c1-20-11-4-6-12(7-5-11)21-9-14(17)16-13(8-15(18)19)10-2-3-10/h4-7,10,13H,2-3,8-9H2,1H3,(H,16,17)(H,18,19). The highest BCUT2D eigenvalue weighted by Gasteiger charge is 2.33. The molecule has 0 radical (unpaired) electrons. The van der Waals surface area contributed by atoms with Crippen molar-refractivity contribution in [1.29, 1.82) is 0 Å². The largest absolute Gasteiger partial charge is 0.497 e. The minimum Gasteiger partial charge on any atom is -0.497 e. The summed E-state index contributed by atoms with van der Waals surface area (Å²) in [6.07, 6.45) is 2.01. The van der Waals surface area contributed by atoms with E-state index in [9.17, 15) is 9.59 Å². The molecule has 1 aliphatic rings. The molecule has 1 aromatic rings. The monoisotopic (exact) mass is 309 g/mol. The van der Waals surface area contributed by atoms with Gasteiger partial charge in [0, 0.05) is 10.9 Å². The molecule has 5 nitrogen and oxygen atoms in total. The Morgan fingerprint density at radius 1 is 1.38 bits per heavy atom. The van der Waals surface area contributed by atoms with Crippen LogP contribution in [0.1, 0.15) is 19.3 Å². The third-order valence-electron chi connectivity index (χ3n) is 3.36. The highest BCUT2D eigenvalue weighted by atomic mass is 32.2. The van der Waals surface area contributed by atoms with Gasteiger partial charge in [0.2, 0.25) is 5.91 Å². The summed E-state index contributed by atoms with van der Waals surface area (Å²) in [6.45, 7) is 0. The molecule has 6 heteroatoms. The van der Waals surface area contributed by atoms with Crippen LogP contribution in [0.5, 0.6) is 5.75 Å². The van der Waals surface area contributed by atoms with Gasteiger partial charge in [-0.05, 0) is 43.0 Å². The van der Waals surface area contributed by atoms with Crippen molar-refractivity contribution in [2.24, 2.45) is 5.92 Å². The van der Waals surface area contributed by atoms with Crippen LogP contribution in [0.2, 0.25) is 0 Å². The Labute approximate surface area is 128 Å². The molecule has 21 heavy (non-hydrogen) atoms. The predicted molar refractivity (Wildman–Crippen MR) is 80.6 cm³/mol. The zero-order valence-corrected chi connectivity index (χ0v) is 12.7. The summed E-state index contributed by atoms with van der Waals surface area (Å²) < 4.78 is 5.07. The number of amides is 1. The molecule has 0 aliphatic heterocycles. The fraction of sp³-hybridized carbons (Fsp3) is 0.467. The molecule has 2 rings (SSSR count). The highest BCUT2D eigenvalue weighted by molar-refractivity contribution is 8.00. The fourth-order valence-corrected chi connectivity index (χ4v) is 2.80. The molecule has 0 spiro atoms. The zero-order valence-electron chi connectivity index (χ0n) is 11.9. The van der Waals surface area contributed by atoms with Gasteiger partial charge >= 0.3 is 5.97 Å². The number of rotatable bonds is 8. The average Bonchev–Trinajstić information content (AvgIpc) is 3.29. The first-order valence-electron chi connectivity index (χ1n) is 6.86. The van der Waals surface area contributed by atoms with Crippen LogP contribution in [0.15, 0.2) is 29.2 Å². The maximum Gasteiger partial charge on any atom is 0.305 e. The van der Waals surface area contributed by atoms with Crippen LogP contribution in [0, 0.1) is 5.92 Å². The van der Waals surface area contributed by atoms with E-state index in [4.69, 9.17) is 9.84 Å². The van der Waals surface area contributed by atoms with Crippen molar-refractivity contribution in [3.63, 3.8) is 0 Å².